The maximum atomic E-state index is 12.7. The van der Waals surface area contributed by atoms with Crippen LogP contribution in [0, 0.1) is 13.8 Å². The summed E-state index contributed by atoms with van der Waals surface area (Å²) in [5, 5.41) is 2.78. The molecule has 0 spiro atoms. The number of rotatable bonds is 3. The number of carbonyl (C=O) groups is 1. The number of esters is 1. The number of ether oxygens (including phenoxy) is 1. The van der Waals surface area contributed by atoms with Gasteiger partial charge in [0.15, 0.2) is 5.65 Å². The third kappa shape index (κ3) is 2.63. The maximum absolute atomic E-state index is 12.7. The zero-order valence-electron chi connectivity index (χ0n) is 13.2. The van der Waals surface area contributed by atoms with Crippen molar-refractivity contribution in [3.8, 4) is 0 Å². The number of methoxy groups -OCH3 is 1. The Morgan fingerprint density at radius 1 is 1.26 bits per heavy atom. The minimum atomic E-state index is -0.527. The second-order valence-electron chi connectivity index (χ2n) is 5.48. The van der Waals surface area contributed by atoms with Crippen LogP contribution in [-0.4, -0.2) is 27.7 Å². The Balaban J connectivity index is 2.10. The second-order valence-corrected chi connectivity index (χ2v) is 5.48. The Hall–Kier alpha value is -2.89. The van der Waals surface area contributed by atoms with Gasteiger partial charge < -0.3 is 4.74 Å². The molecule has 3 rings (SSSR count). The molecule has 0 bridgehead atoms. The Morgan fingerprint density at radius 2 is 1.96 bits per heavy atom. The zero-order chi connectivity index (χ0) is 16.6. The van der Waals surface area contributed by atoms with E-state index in [0.29, 0.717) is 17.7 Å². The summed E-state index contributed by atoms with van der Waals surface area (Å²) in [7, 11) is 1.29. The maximum Gasteiger partial charge on any atom is 0.343 e. The molecule has 0 aliphatic carbocycles. The van der Waals surface area contributed by atoms with Gasteiger partial charge in [-0.1, -0.05) is 29.8 Å². The van der Waals surface area contributed by atoms with Gasteiger partial charge in [0.1, 0.15) is 5.56 Å². The number of aryl methyl sites for hydroxylation is 2. The average Bonchev–Trinajstić information content (AvgIpc) is 2.96. The molecule has 3 aromatic rings. The predicted octanol–water partition coefficient (Wildman–Crippen LogP) is 2.02. The summed E-state index contributed by atoms with van der Waals surface area (Å²) in [6.45, 7) is 3.80. The van der Waals surface area contributed by atoms with Crippen molar-refractivity contribution in [2.45, 2.75) is 20.3 Å². The topological polar surface area (TPSA) is 76.5 Å². The molecule has 0 saturated carbocycles. The lowest BCUT2D eigenvalue weighted by molar-refractivity contribution is 0.0602. The molecule has 6 nitrogen and oxygen atoms in total. The SMILES string of the molecule is COC(=O)c1c[nH]n2c(=O)c(Cc3ccc(C)cc3)c(C)nc12. The molecule has 0 radical (unpaired) electrons. The van der Waals surface area contributed by atoms with Gasteiger partial charge in [0.25, 0.3) is 5.56 Å². The molecule has 0 amide bonds. The fourth-order valence-corrected chi connectivity index (χ4v) is 2.53. The molecule has 0 aliphatic heterocycles. The van der Waals surface area contributed by atoms with Crippen molar-refractivity contribution >= 4 is 11.6 Å². The van der Waals surface area contributed by atoms with Gasteiger partial charge >= 0.3 is 5.97 Å². The van der Waals surface area contributed by atoms with Crippen molar-refractivity contribution in [3.63, 3.8) is 0 Å². The fourth-order valence-electron chi connectivity index (χ4n) is 2.53. The number of H-pyrrole nitrogens is 1. The summed E-state index contributed by atoms with van der Waals surface area (Å²) in [4.78, 5) is 28.8. The van der Waals surface area contributed by atoms with Crippen molar-refractivity contribution in [1.82, 2.24) is 14.6 Å². The van der Waals surface area contributed by atoms with Crippen LogP contribution in [0.2, 0.25) is 0 Å². The molecule has 2 heterocycles. The van der Waals surface area contributed by atoms with Crippen LogP contribution >= 0.6 is 0 Å². The van der Waals surface area contributed by atoms with Crippen molar-refractivity contribution in [3.05, 3.63) is 68.8 Å². The molecule has 0 unspecified atom stereocenters. The lowest BCUT2D eigenvalue weighted by atomic mass is 10.0. The van der Waals surface area contributed by atoms with Crippen LogP contribution in [0.5, 0.6) is 0 Å². The van der Waals surface area contributed by atoms with Crippen LogP contribution in [0.25, 0.3) is 5.65 Å². The monoisotopic (exact) mass is 311 g/mol. The average molecular weight is 311 g/mol. The summed E-state index contributed by atoms with van der Waals surface area (Å²) in [6, 6.07) is 8.02. The molecule has 118 valence electrons. The van der Waals surface area contributed by atoms with E-state index in [4.69, 9.17) is 4.74 Å². The van der Waals surface area contributed by atoms with Crippen LogP contribution in [0.3, 0.4) is 0 Å². The van der Waals surface area contributed by atoms with Crippen LogP contribution in [-0.2, 0) is 11.2 Å². The lowest BCUT2D eigenvalue weighted by Crippen LogP contribution is -2.22. The van der Waals surface area contributed by atoms with Gasteiger partial charge in [-0.15, -0.1) is 0 Å². The zero-order valence-corrected chi connectivity index (χ0v) is 13.2. The Morgan fingerprint density at radius 3 is 2.61 bits per heavy atom. The molecule has 1 N–H and O–H groups in total. The first-order chi connectivity index (χ1) is 11.0. The molecule has 6 heteroatoms. The normalized spacial score (nSPS) is 10.9. The number of fused-ring (bicyclic) bond motifs is 1. The largest absolute Gasteiger partial charge is 0.465 e. The first kappa shape index (κ1) is 15.0. The number of benzene rings is 1. The minimum absolute atomic E-state index is 0.205. The van der Waals surface area contributed by atoms with E-state index in [1.54, 1.807) is 6.92 Å². The number of hydrogen-bond acceptors (Lipinski definition) is 4. The number of hydrogen-bond donors (Lipinski definition) is 1. The second kappa shape index (κ2) is 5.72. The van der Waals surface area contributed by atoms with E-state index in [-0.39, 0.29) is 16.8 Å². The molecular weight excluding hydrogens is 294 g/mol. The first-order valence-electron chi connectivity index (χ1n) is 7.24. The smallest absolute Gasteiger partial charge is 0.343 e. The number of nitrogens with one attached hydrogen (secondary N) is 1. The highest BCUT2D eigenvalue weighted by Crippen LogP contribution is 2.13. The van der Waals surface area contributed by atoms with Crippen LogP contribution in [0.15, 0.2) is 35.3 Å². The van der Waals surface area contributed by atoms with Crippen LogP contribution < -0.4 is 5.56 Å². The summed E-state index contributed by atoms with van der Waals surface area (Å²) in [6.07, 6.45) is 1.93. The minimum Gasteiger partial charge on any atom is -0.465 e. The van der Waals surface area contributed by atoms with Crippen LogP contribution in [0.1, 0.15) is 32.7 Å². The van der Waals surface area contributed by atoms with Crippen molar-refractivity contribution < 1.29 is 9.53 Å². The standard InChI is InChI=1S/C17H17N3O3/c1-10-4-6-12(7-5-10)8-13-11(2)19-15-14(17(22)23-3)9-18-20(15)16(13)21/h4-7,9,18H,8H2,1-3H3. The van der Waals surface area contributed by atoms with Gasteiger partial charge in [-0.05, 0) is 19.4 Å². The summed E-state index contributed by atoms with van der Waals surface area (Å²) < 4.78 is 5.99. The van der Waals surface area contributed by atoms with E-state index in [9.17, 15) is 9.59 Å². The molecule has 0 atom stereocenters. The highest BCUT2D eigenvalue weighted by Gasteiger charge is 2.18. The highest BCUT2D eigenvalue weighted by atomic mass is 16.5. The van der Waals surface area contributed by atoms with E-state index < -0.39 is 5.97 Å². The van der Waals surface area contributed by atoms with Crippen molar-refractivity contribution in [1.29, 1.82) is 0 Å². The van der Waals surface area contributed by atoms with E-state index >= 15 is 0 Å². The third-order valence-corrected chi connectivity index (χ3v) is 3.87. The molecule has 2 aromatic heterocycles. The molecular formula is C17H17N3O3. The molecule has 0 saturated heterocycles. The van der Waals surface area contributed by atoms with Gasteiger partial charge in [0, 0.05) is 23.9 Å². The highest BCUT2D eigenvalue weighted by molar-refractivity contribution is 5.95. The van der Waals surface area contributed by atoms with E-state index in [1.165, 1.54) is 23.4 Å². The first-order valence-corrected chi connectivity index (χ1v) is 7.24. The van der Waals surface area contributed by atoms with Crippen LogP contribution in [0.4, 0.5) is 0 Å². The van der Waals surface area contributed by atoms with E-state index in [0.717, 1.165) is 5.56 Å². The predicted molar refractivity (Wildman–Crippen MR) is 85.9 cm³/mol. The molecule has 23 heavy (non-hydrogen) atoms. The number of nitrogens with zero attached hydrogens (tertiary/aromatic N) is 2. The number of aromatic nitrogens is 3. The lowest BCUT2D eigenvalue weighted by Gasteiger charge is -2.06. The van der Waals surface area contributed by atoms with Crippen molar-refractivity contribution in [2.75, 3.05) is 7.11 Å². The number of aromatic amines is 1. The Kier molecular flexibility index (Phi) is 3.73. The van der Waals surface area contributed by atoms with Gasteiger partial charge in [-0.25, -0.2) is 14.3 Å². The quantitative estimate of drug-likeness (QED) is 0.751. The fraction of sp³-hybridized carbons (Fsp3) is 0.235. The molecule has 0 aliphatic rings. The van der Waals surface area contributed by atoms with Gasteiger partial charge in [-0.2, -0.15) is 0 Å². The molecule has 0 fully saturated rings. The Bertz CT molecular complexity index is 936. The summed E-state index contributed by atoms with van der Waals surface area (Å²) in [5.41, 5.74) is 3.75. The summed E-state index contributed by atoms with van der Waals surface area (Å²) in [5.74, 6) is -0.527. The third-order valence-electron chi connectivity index (χ3n) is 3.87. The molecule has 1 aromatic carbocycles. The van der Waals surface area contributed by atoms with Gasteiger partial charge in [0.05, 0.1) is 7.11 Å². The Labute approximate surface area is 132 Å². The van der Waals surface area contributed by atoms with E-state index in [1.807, 2.05) is 31.2 Å². The van der Waals surface area contributed by atoms with Gasteiger partial charge in [0.2, 0.25) is 0 Å². The van der Waals surface area contributed by atoms with Gasteiger partial charge in [-0.3, -0.25) is 9.89 Å². The number of carbonyl (C=O) groups excluding carboxylic acids is 1. The van der Waals surface area contributed by atoms with E-state index in [2.05, 4.69) is 10.1 Å². The summed E-state index contributed by atoms with van der Waals surface area (Å²) >= 11 is 0. The van der Waals surface area contributed by atoms with Crippen molar-refractivity contribution in [2.24, 2.45) is 0 Å².